The van der Waals surface area contributed by atoms with Crippen LogP contribution in [0.3, 0.4) is 0 Å². The Labute approximate surface area is 206 Å². The molecule has 0 aliphatic rings. The fourth-order valence-electron chi connectivity index (χ4n) is 4.92. The predicted molar refractivity (Wildman–Crippen MR) is 146 cm³/mol. The minimum atomic E-state index is 0.181. The molecule has 0 amide bonds. The van der Waals surface area contributed by atoms with E-state index in [1.807, 2.05) is 18.2 Å². The third-order valence-corrected chi connectivity index (χ3v) is 6.75. The fourth-order valence-corrected chi connectivity index (χ4v) is 5.08. The topological polar surface area (TPSA) is 38.7 Å². The zero-order valence-corrected chi connectivity index (χ0v) is 19.4. The number of benzene rings is 6. The van der Waals surface area contributed by atoms with Gasteiger partial charge in [-0.25, -0.2) is 4.98 Å². The molecule has 7 aromatic rings. The van der Waals surface area contributed by atoms with Crippen LogP contribution in [0.15, 0.2) is 109 Å². The summed E-state index contributed by atoms with van der Waals surface area (Å²) in [5, 5.41) is 9.51. The highest BCUT2D eigenvalue weighted by Gasteiger charge is 2.14. The van der Waals surface area contributed by atoms with E-state index in [0.717, 1.165) is 32.7 Å². The van der Waals surface area contributed by atoms with Gasteiger partial charge in [-0.3, -0.25) is 0 Å². The standard InChI is InChI=1S/C31H18ClN3/c32-31-34-29(23-14-13-21-15-19-7-1-2-8-20(19)16-24(21)17-23)33-30(35-31)28-18-22-9-3-4-10-25(22)26-11-5-6-12-27(26)28/h1-18H. The van der Waals surface area contributed by atoms with Crippen LogP contribution in [0.5, 0.6) is 0 Å². The molecule has 7 rings (SSSR count). The summed E-state index contributed by atoms with van der Waals surface area (Å²) >= 11 is 6.45. The van der Waals surface area contributed by atoms with E-state index in [-0.39, 0.29) is 5.28 Å². The Balaban J connectivity index is 1.44. The van der Waals surface area contributed by atoms with Gasteiger partial charge in [-0.15, -0.1) is 0 Å². The number of fused-ring (bicyclic) bond motifs is 5. The molecule has 0 aliphatic carbocycles. The molecule has 164 valence electrons. The minimum absolute atomic E-state index is 0.181. The van der Waals surface area contributed by atoms with E-state index in [2.05, 4.69) is 101 Å². The number of hydrogen-bond donors (Lipinski definition) is 0. The molecule has 0 unspecified atom stereocenters. The predicted octanol–water partition coefficient (Wildman–Crippen LogP) is 8.47. The van der Waals surface area contributed by atoms with Gasteiger partial charge in [0.15, 0.2) is 11.6 Å². The highest BCUT2D eigenvalue weighted by atomic mass is 35.5. The maximum absolute atomic E-state index is 6.45. The number of rotatable bonds is 2. The van der Waals surface area contributed by atoms with Crippen molar-refractivity contribution in [3.05, 3.63) is 114 Å². The van der Waals surface area contributed by atoms with E-state index in [4.69, 9.17) is 16.6 Å². The minimum Gasteiger partial charge on any atom is -0.208 e. The van der Waals surface area contributed by atoms with Crippen LogP contribution in [0.4, 0.5) is 0 Å². The first kappa shape index (κ1) is 20.1. The van der Waals surface area contributed by atoms with E-state index in [9.17, 15) is 0 Å². The van der Waals surface area contributed by atoms with E-state index in [1.54, 1.807) is 0 Å². The molecule has 3 nitrogen and oxygen atoms in total. The maximum atomic E-state index is 6.45. The van der Waals surface area contributed by atoms with Crippen molar-refractivity contribution in [2.45, 2.75) is 0 Å². The van der Waals surface area contributed by atoms with Gasteiger partial charge in [0.05, 0.1) is 0 Å². The Morgan fingerprint density at radius 1 is 0.429 bits per heavy atom. The average molecular weight is 468 g/mol. The molecule has 0 atom stereocenters. The second-order valence-electron chi connectivity index (χ2n) is 8.70. The summed E-state index contributed by atoms with van der Waals surface area (Å²) in [5.41, 5.74) is 1.85. The van der Waals surface area contributed by atoms with Gasteiger partial charge in [-0.2, -0.15) is 9.97 Å². The molecule has 4 heteroatoms. The first-order chi connectivity index (χ1) is 17.2. The molecule has 1 aromatic heterocycles. The van der Waals surface area contributed by atoms with Crippen LogP contribution in [0.25, 0.3) is 65.9 Å². The van der Waals surface area contributed by atoms with E-state index < -0.39 is 0 Å². The molecule has 0 N–H and O–H groups in total. The molecule has 0 fully saturated rings. The van der Waals surface area contributed by atoms with Crippen molar-refractivity contribution in [2.24, 2.45) is 0 Å². The van der Waals surface area contributed by atoms with Crippen molar-refractivity contribution in [2.75, 3.05) is 0 Å². The van der Waals surface area contributed by atoms with Gasteiger partial charge < -0.3 is 0 Å². The van der Waals surface area contributed by atoms with Crippen LogP contribution in [-0.2, 0) is 0 Å². The Morgan fingerprint density at radius 3 is 1.83 bits per heavy atom. The lowest BCUT2D eigenvalue weighted by Crippen LogP contribution is -1.98. The number of aromatic nitrogens is 3. The molecular weight excluding hydrogens is 450 g/mol. The van der Waals surface area contributed by atoms with Gasteiger partial charge in [-0.1, -0.05) is 84.9 Å². The lowest BCUT2D eigenvalue weighted by molar-refractivity contribution is 1.07. The Morgan fingerprint density at radius 2 is 1.03 bits per heavy atom. The van der Waals surface area contributed by atoms with Gasteiger partial charge in [0.2, 0.25) is 5.28 Å². The van der Waals surface area contributed by atoms with Crippen LogP contribution < -0.4 is 0 Å². The molecule has 1 heterocycles. The smallest absolute Gasteiger partial charge is 0.208 e. The maximum Gasteiger partial charge on any atom is 0.226 e. The fraction of sp³-hybridized carbons (Fsp3) is 0. The van der Waals surface area contributed by atoms with Crippen molar-refractivity contribution < 1.29 is 0 Å². The summed E-state index contributed by atoms with van der Waals surface area (Å²) in [6, 6.07) is 37.9. The van der Waals surface area contributed by atoms with Crippen molar-refractivity contribution in [3.8, 4) is 22.8 Å². The first-order valence-corrected chi connectivity index (χ1v) is 11.9. The first-order valence-electron chi connectivity index (χ1n) is 11.5. The van der Waals surface area contributed by atoms with Crippen LogP contribution in [-0.4, -0.2) is 15.0 Å². The summed E-state index contributed by atoms with van der Waals surface area (Å²) in [5.74, 6) is 1.13. The largest absolute Gasteiger partial charge is 0.226 e. The lowest BCUT2D eigenvalue weighted by Gasteiger charge is -2.11. The van der Waals surface area contributed by atoms with Crippen molar-refractivity contribution >= 4 is 54.7 Å². The molecule has 0 bridgehead atoms. The Hall–Kier alpha value is -4.34. The normalized spacial score (nSPS) is 11.6. The van der Waals surface area contributed by atoms with Crippen LogP contribution in [0.2, 0.25) is 5.28 Å². The van der Waals surface area contributed by atoms with E-state index in [0.29, 0.717) is 11.6 Å². The Kier molecular flexibility index (Phi) is 4.51. The zero-order chi connectivity index (χ0) is 23.4. The average Bonchev–Trinajstić information content (AvgIpc) is 2.90. The molecule has 35 heavy (non-hydrogen) atoms. The van der Waals surface area contributed by atoms with Crippen LogP contribution >= 0.6 is 11.6 Å². The SMILES string of the molecule is Clc1nc(-c2ccc3cc4ccccc4cc3c2)nc(-c2cc3ccccc3c3ccccc23)n1. The van der Waals surface area contributed by atoms with Gasteiger partial charge >= 0.3 is 0 Å². The second-order valence-corrected chi connectivity index (χ2v) is 9.04. The third-order valence-electron chi connectivity index (χ3n) is 6.58. The van der Waals surface area contributed by atoms with E-state index >= 15 is 0 Å². The Bertz CT molecular complexity index is 1930. The van der Waals surface area contributed by atoms with Gasteiger partial charge in [0.1, 0.15) is 0 Å². The third kappa shape index (κ3) is 3.40. The number of nitrogens with zero attached hydrogens (tertiary/aromatic N) is 3. The molecule has 0 saturated carbocycles. The van der Waals surface area contributed by atoms with Gasteiger partial charge in [-0.05, 0) is 79.0 Å². The summed E-state index contributed by atoms with van der Waals surface area (Å²) in [7, 11) is 0. The van der Waals surface area contributed by atoms with Crippen molar-refractivity contribution in [1.29, 1.82) is 0 Å². The molecule has 6 aromatic carbocycles. The van der Waals surface area contributed by atoms with Gasteiger partial charge in [0, 0.05) is 11.1 Å². The summed E-state index contributed by atoms with van der Waals surface area (Å²) < 4.78 is 0. The highest BCUT2D eigenvalue weighted by molar-refractivity contribution is 6.28. The summed E-state index contributed by atoms with van der Waals surface area (Å²) in [6.45, 7) is 0. The van der Waals surface area contributed by atoms with Crippen molar-refractivity contribution in [3.63, 3.8) is 0 Å². The van der Waals surface area contributed by atoms with Crippen LogP contribution in [0.1, 0.15) is 0 Å². The molecule has 0 aliphatic heterocycles. The van der Waals surface area contributed by atoms with Crippen molar-refractivity contribution in [1.82, 2.24) is 15.0 Å². The van der Waals surface area contributed by atoms with Crippen LogP contribution in [0, 0.1) is 0 Å². The monoisotopic (exact) mass is 467 g/mol. The second kappa shape index (κ2) is 7.86. The van der Waals surface area contributed by atoms with Gasteiger partial charge in [0.25, 0.3) is 0 Å². The molecule has 0 radical (unpaired) electrons. The molecular formula is C31H18ClN3. The highest BCUT2D eigenvalue weighted by Crippen LogP contribution is 2.35. The quantitative estimate of drug-likeness (QED) is 0.189. The number of hydrogen-bond acceptors (Lipinski definition) is 3. The summed E-state index contributed by atoms with van der Waals surface area (Å²) in [6.07, 6.45) is 0. The summed E-state index contributed by atoms with van der Waals surface area (Å²) in [4.78, 5) is 13.9. The molecule has 0 spiro atoms. The lowest BCUT2D eigenvalue weighted by atomic mass is 9.97. The number of halogens is 1. The van der Waals surface area contributed by atoms with E-state index in [1.165, 1.54) is 21.5 Å². The zero-order valence-electron chi connectivity index (χ0n) is 18.6. The molecule has 0 saturated heterocycles.